The Bertz CT molecular complexity index is 1230. The van der Waals surface area contributed by atoms with Crippen LogP contribution in [0.4, 0.5) is 17.1 Å². The van der Waals surface area contributed by atoms with Crippen molar-refractivity contribution < 1.29 is 14.8 Å². The van der Waals surface area contributed by atoms with Crippen LogP contribution in [0.2, 0.25) is 0 Å². The molecule has 3 rings (SSSR count). The Morgan fingerprint density at radius 2 is 1.60 bits per heavy atom. The van der Waals surface area contributed by atoms with Crippen LogP contribution in [-0.2, 0) is 0 Å². The molecule has 0 aromatic heterocycles. The molecule has 8 nitrogen and oxygen atoms in total. The van der Waals surface area contributed by atoms with Crippen LogP contribution >= 0.6 is 0 Å². The third kappa shape index (κ3) is 7.00. The van der Waals surface area contributed by atoms with Crippen molar-refractivity contribution in [3.63, 3.8) is 0 Å². The molecule has 8 heteroatoms. The number of nitriles is 1. The van der Waals surface area contributed by atoms with Crippen molar-refractivity contribution in [2.24, 2.45) is 10.2 Å². The van der Waals surface area contributed by atoms with Crippen molar-refractivity contribution in [3.8, 4) is 17.6 Å². The van der Waals surface area contributed by atoms with Crippen molar-refractivity contribution in [2.75, 3.05) is 6.61 Å². The van der Waals surface area contributed by atoms with Gasteiger partial charge in [0.15, 0.2) is 11.5 Å². The number of nitro groups is 1. The van der Waals surface area contributed by atoms with Gasteiger partial charge in [0.25, 0.3) is 5.69 Å². The molecule has 0 unspecified atom stereocenters. The summed E-state index contributed by atoms with van der Waals surface area (Å²) in [7, 11) is 0. The van der Waals surface area contributed by atoms with Crippen LogP contribution in [-0.4, -0.2) is 16.6 Å². The number of rotatable bonds is 13. The highest BCUT2D eigenvalue weighted by atomic mass is 16.6. The molecular formula is C27H30N4O4. The van der Waals surface area contributed by atoms with E-state index >= 15 is 0 Å². The highest BCUT2D eigenvalue weighted by Gasteiger charge is 2.14. The summed E-state index contributed by atoms with van der Waals surface area (Å²) in [5.74, 6) is 0.372. The Kier molecular flexibility index (Phi) is 9.55. The molecule has 0 amide bonds. The predicted molar refractivity (Wildman–Crippen MR) is 136 cm³/mol. The van der Waals surface area contributed by atoms with Crippen molar-refractivity contribution in [3.05, 3.63) is 64.2 Å². The first kappa shape index (κ1) is 25.6. The fraction of sp³-hybridized carbons (Fsp3) is 0.370. The molecule has 0 aliphatic rings. The summed E-state index contributed by atoms with van der Waals surface area (Å²) in [6.07, 6.45) is 9.49. The SMILES string of the molecule is CCCCCCCCCCOc1cc(/N=N/c2ccc([N+](=O)[O-])cc2C#N)c2ccccc2c1O. The van der Waals surface area contributed by atoms with E-state index in [2.05, 4.69) is 17.2 Å². The van der Waals surface area contributed by atoms with Crippen molar-refractivity contribution >= 4 is 27.8 Å². The number of nitro benzene ring substituents is 1. The second kappa shape index (κ2) is 13.0. The van der Waals surface area contributed by atoms with Crippen LogP contribution in [0.5, 0.6) is 11.5 Å². The summed E-state index contributed by atoms with van der Waals surface area (Å²) in [6, 6.07) is 14.6. The number of unbranched alkanes of at least 4 members (excludes halogenated alkanes) is 7. The van der Waals surface area contributed by atoms with E-state index in [1.807, 2.05) is 24.3 Å². The lowest BCUT2D eigenvalue weighted by atomic mass is 10.1. The van der Waals surface area contributed by atoms with E-state index in [0.29, 0.717) is 28.8 Å². The molecule has 0 saturated heterocycles. The van der Waals surface area contributed by atoms with Gasteiger partial charge in [-0.05, 0) is 12.5 Å². The fourth-order valence-electron chi connectivity index (χ4n) is 3.85. The summed E-state index contributed by atoms with van der Waals surface area (Å²) >= 11 is 0. The summed E-state index contributed by atoms with van der Waals surface area (Å²) in [6.45, 7) is 2.70. The minimum Gasteiger partial charge on any atom is -0.504 e. The molecule has 3 aromatic rings. The van der Waals surface area contributed by atoms with Gasteiger partial charge in [-0.15, -0.1) is 10.2 Å². The van der Waals surface area contributed by atoms with Gasteiger partial charge >= 0.3 is 0 Å². The summed E-state index contributed by atoms with van der Waals surface area (Å²) < 4.78 is 5.89. The van der Waals surface area contributed by atoms with Gasteiger partial charge in [0, 0.05) is 29.0 Å². The second-order valence-corrected chi connectivity index (χ2v) is 8.38. The standard InChI is InChI=1S/C27H30N4O4/c1-2-3-4-5-6-7-8-11-16-35-26-18-25(22-12-9-10-13-23(22)27(26)32)30-29-24-15-14-21(31(33)34)17-20(24)19-28/h9-10,12-15,17-18,32H,2-8,11,16H2,1H3/b30-29+. The number of aromatic hydroxyl groups is 1. The minimum atomic E-state index is -0.564. The molecule has 0 aliphatic carbocycles. The highest BCUT2D eigenvalue weighted by molar-refractivity contribution is 5.98. The third-order valence-corrected chi connectivity index (χ3v) is 5.79. The van der Waals surface area contributed by atoms with Crippen LogP contribution in [0.3, 0.4) is 0 Å². The van der Waals surface area contributed by atoms with E-state index in [4.69, 9.17) is 4.74 Å². The lowest BCUT2D eigenvalue weighted by Crippen LogP contribution is -1.98. The quantitative estimate of drug-likeness (QED) is 0.116. The molecule has 0 saturated carbocycles. The number of hydrogen-bond donors (Lipinski definition) is 1. The first-order chi connectivity index (χ1) is 17.0. The van der Waals surface area contributed by atoms with E-state index in [-0.39, 0.29) is 22.7 Å². The molecule has 1 N–H and O–H groups in total. The molecular weight excluding hydrogens is 444 g/mol. The van der Waals surface area contributed by atoms with Crippen LogP contribution in [0.25, 0.3) is 10.8 Å². The molecule has 0 aliphatic heterocycles. The van der Waals surface area contributed by atoms with Gasteiger partial charge in [-0.2, -0.15) is 5.26 Å². The van der Waals surface area contributed by atoms with Crippen LogP contribution in [0, 0.1) is 21.4 Å². The first-order valence-electron chi connectivity index (χ1n) is 12.0. The van der Waals surface area contributed by atoms with Crippen LogP contribution < -0.4 is 4.74 Å². The van der Waals surface area contributed by atoms with E-state index in [0.717, 1.165) is 12.8 Å². The maximum Gasteiger partial charge on any atom is 0.270 e. The number of non-ortho nitro benzene ring substituents is 1. The van der Waals surface area contributed by atoms with Gasteiger partial charge in [0.2, 0.25) is 0 Å². The maximum absolute atomic E-state index is 11.0. The Balaban J connectivity index is 1.74. The number of fused-ring (bicyclic) bond motifs is 1. The minimum absolute atomic E-state index is 0.0483. The zero-order chi connectivity index (χ0) is 25.0. The van der Waals surface area contributed by atoms with E-state index in [1.54, 1.807) is 12.1 Å². The molecule has 0 heterocycles. The van der Waals surface area contributed by atoms with Gasteiger partial charge in [-0.3, -0.25) is 10.1 Å². The number of benzene rings is 3. The van der Waals surface area contributed by atoms with Gasteiger partial charge in [-0.1, -0.05) is 76.1 Å². The normalized spacial score (nSPS) is 11.1. The number of azo groups is 1. The molecule has 3 aromatic carbocycles. The van der Waals surface area contributed by atoms with Gasteiger partial charge < -0.3 is 9.84 Å². The van der Waals surface area contributed by atoms with E-state index in [1.165, 1.54) is 56.7 Å². The number of hydrogen-bond acceptors (Lipinski definition) is 7. The Labute approximate surface area is 205 Å². The van der Waals surface area contributed by atoms with Gasteiger partial charge in [0.05, 0.1) is 22.8 Å². The average molecular weight is 475 g/mol. The molecule has 0 radical (unpaired) electrons. The number of ether oxygens (including phenoxy) is 1. The zero-order valence-corrected chi connectivity index (χ0v) is 19.9. The average Bonchev–Trinajstić information content (AvgIpc) is 2.88. The largest absolute Gasteiger partial charge is 0.504 e. The third-order valence-electron chi connectivity index (χ3n) is 5.79. The van der Waals surface area contributed by atoms with E-state index in [9.17, 15) is 20.5 Å². The van der Waals surface area contributed by atoms with Crippen molar-refractivity contribution in [1.82, 2.24) is 0 Å². The topological polar surface area (TPSA) is 121 Å². The lowest BCUT2D eigenvalue weighted by Gasteiger charge is -2.12. The van der Waals surface area contributed by atoms with Crippen molar-refractivity contribution in [1.29, 1.82) is 5.26 Å². The molecule has 182 valence electrons. The van der Waals surface area contributed by atoms with E-state index < -0.39 is 4.92 Å². The smallest absolute Gasteiger partial charge is 0.270 e. The predicted octanol–water partition coefficient (Wildman–Crippen LogP) is 8.26. The fourth-order valence-corrected chi connectivity index (χ4v) is 3.85. The maximum atomic E-state index is 11.0. The Morgan fingerprint density at radius 1 is 0.943 bits per heavy atom. The Hall–Kier alpha value is -3.99. The molecule has 0 atom stereocenters. The van der Waals surface area contributed by atoms with Crippen LogP contribution in [0.15, 0.2) is 58.8 Å². The first-order valence-corrected chi connectivity index (χ1v) is 12.0. The molecule has 0 fully saturated rings. The zero-order valence-electron chi connectivity index (χ0n) is 19.9. The monoisotopic (exact) mass is 474 g/mol. The Morgan fingerprint density at radius 3 is 2.29 bits per heavy atom. The van der Waals surface area contributed by atoms with Gasteiger partial charge in [0.1, 0.15) is 11.8 Å². The summed E-state index contributed by atoms with van der Waals surface area (Å²) in [4.78, 5) is 10.4. The summed E-state index contributed by atoms with van der Waals surface area (Å²) in [5, 5.41) is 40.8. The molecule has 35 heavy (non-hydrogen) atoms. The van der Waals surface area contributed by atoms with Crippen molar-refractivity contribution in [2.45, 2.75) is 58.3 Å². The number of phenolic OH excluding ortho intramolecular Hbond substituents is 1. The lowest BCUT2D eigenvalue weighted by molar-refractivity contribution is -0.384. The van der Waals surface area contributed by atoms with Gasteiger partial charge in [-0.25, -0.2) is 0 Å². The number of nitrogens with zero attached hydrogens (tertiary/aromatic N) is 4. The molecule has 0 bridgehead atoms. The summed E-state index contributed by atoms with van der Waals surface area (Å²) in [5.41, 5.74) is 0.549. The van der Waals surface area contributed by atoms with Crippen LogP contribution in [0.1, 0.15) is 63.9 Å². The second-order valence-electron chi connectivity index (χ2n) is 8.38. The highest BCUT2D eigenvalue weighted by Crippen LogP contribution is 2.41. The number of phenols is 1. The molecule has 0 spiro atoms.